The molecule has 4 nitrogen and oxygen atoms in total. The topological polar surface area (TPSA) is 52.0 Å². The second-order valence-corrected chi connectivity index (χ2v) is 6.60. The number of hydrogen-bond donors (Lipinski definition) is 0. The molecule has 0 bridgehead atoms. The van der Waals surface area contributed by atoms with Crippen LogP contribution in [0.4, 0.5) is 0 Å². The van der Waals surface area contributed by atoms with Gasteiger partial charge in [0.2, 0.25) is 0 Å². The van der Waals surface area contributed by atoms with Crippen molar-refractivity contribution < 1.29 is 9.59 Å². The Morgan fingerprint density at radius 2 is 2.05 bits per heavy atom. The van der Waals surface area contributed by atoms with E-state index in [1.807, 2.05) is 14.0 Å². The molecule has 0 aromatic carbocycles. The summed E-state index contributed by atoms with van der Waals surface area (Å²) >= 11 is 0. The molecule has 1 heterocycles. The highest BCUT2D eigenvalue weighted by Crippen LogP contribution is 2.50. The molecule has 2 aliphatic rings. The molecule has 0 saturated heterocycles. The van der Waals surface area contributed by atoms with Gasteiger partial charge in [0.1, 0.15) is 5.78 Å². The Morgan fingerprint density at radius 3 is 2.65 bits per heavy atom. The van der Waals surface area contributed by atoms with Crippen molar-refractivity contribution in [3.8, 4) is 0 Å². The van der Waals surface area contributed by atoms with Gasteiger partial charge < -0.3 is 0 Å². The van der Waals surface area contributed by atoms with Crippen molar-refractivity contribution in [2.24, 2.45) is 18.4 Å². The molecule has 3 rings (SSSR count). The molecule has 1 atom stereocenters. The van der Waals surface area contributed by atoms with E-state index in [2.05, 4.69) is 5.10 Å². The largest absolute Gasteiger partial charge is 0.299 e. The molecule has 0 aliphatic heterocycles. The monoisotopic (exact) mass is 274 g/mol. The Balaban J connectivity index is 1.85. The van der Waals surface area contributed by atoms with Gasteiger partial charge in [-0.3, -0.25) is 14.3 Å². The first kappa shape index (κ1) is 13.5. The summed E-state index contributed by atoms with van der Waals surface area (Å²) < 4.78 is 1.65. The van der Waals surface area contributed by atoms with Crippen LogP contribution in [-0.4, -0.2) is 21.3 Å². The average molecular weight is 274 g/mol. The average Bonchev–Trinajstić information content (AvgIpc) is 2.99. The maximum atomic E-state index is 12.7. The SMILES string of the molecule is Cc1nn(C)cc1C(=O)C1CC2(CCCC2)CCC1=O. The molecule has 0 amide bonds. The summed E-state index contributed by atoms with van der Waals surface area (Å²) in [5.74, 6) is -0.299. The van der Waals surface area contributed by atoms with Crippen LogP contribution in [0.2, 0.25) is 0 Å². The van der Waals surface area contributed by atoms with E-state index in [0.29, 0.717) is 12.0 Å². The van der Waals surface area contributed by atoms with Gasteiger partial charge in [0.25, 0.3) is 0 Å². The van der Waals surface area contributed by atoms with Crippen LogP contribution in [0, 0.1) is 18.3 Å². The van der Waals surface area contributed by atoms with Crippen molar-refractivity contribution in [2.45, 2.75) is 51.9 Å². The normalized spacial score (nSPS) is 25.3. The minimum Gasteiger partial charge on any atom is -0.299 e. The van der Waals surface area contributed by atoms with Gasteiger partial charge in [0.15, 0.2) is 5.78 Å². The third kappa shape index (κ3) is 2.21. The lowest BCUT2D eigenvalue weighted by molar-refractivity contribution is -0.125. The highest BCUT2D eigenvalue weighted by Gasteiger charge is 2.44. The van der Waals surface area contributed by atoms with E-state index >= 15 is 0 Å². The second-order valence-electron chi connectivity index (χ2n) is 6.60. The molecule has 1 unspecified atom stereocenters. The highest BCUT2D eigenvalue weighted by molar-refractivity contribution is 6.11. The smallest absolute Gasteiger partial charge is 0.176 e. The maximum Gasteiger partial charge on any atom is 0.176 e. The van der Waals surface area contributed by atoms with Crippen molar-refractivity contribution in [3.63, 3.8) is 0 Å². The fourth-order valence-electron chi connectivity index (χ4n) is 4.06. The first-order valence-electron chi connectivity index (χ1n) is 7.58. The van der Waals surface area contributed by atoms with Gasteiger partial charge in [-0.2, -0.15) is 5.10 Å². The third-order valence-corrected chi connectivity index (χ3v) is 5.19. The van der Waals surface area contributed by atoms with Crippen molar-refractivity contribution in [1.82, 2.24) is 9.78 Å². The van der Waals surface area contributed by atoms with Gasteiger partial charge in [0.05, 0.1) is 17.2 Å². The van der Waals surface area contributed by atoms with Crippen LogP contribution in [0.5, 0.6) is 0 Å². The summed E-state index contributed by atoms with van der Waals surface area (Å²) in [6, 6.07) is 0. The van der Waals surface area contributed by atoms with Crippen LogP contribution >= 0.6 is 0 Å². The summed E-state index contributed by atoms with van der Waals surface area (Å²) in [7, 11) is 1.81. The molecular weight excluding hydrogens is 252 g/mol. The van der Waals surface area contributed by atoms with E-state index in [1.54, 1.807) is 10.9 Å². The minimum atomic E-state index is -0.426. The van der Waals surface area contributed by atoms with Gasteiger partial charge in [-0.1, -0.05) is 12.8 Å². The van der Waals surface area contributed by atoms with Crippen molar-refractivity contribution in [3.05, 3.63) is 17.5 Å². The Kier molecular flexibility index (Phi) is 3.27. The molecule has 2 fully saturated rings. The number of rotatable bonds is 2. The molecule has 2 aliphatic carbocycles. The van der Waals surface area contributed by atoms with Gasteiger partial charge >= 0.3 is 0 Å². The number of aryl methyl sites for hydroxylation is 2. The van der Waals surface area contributed by atoms with E-state index in [-0.39, 0.29) is 17.0 Å². The zero-order valence-electron chi connectivity index (χ0n) is 12.3. The fourth-order valence-corrected chi connectivity index (χ4v) is 4.06. The molecule has 1 aromatic rings. The van der Waals surface area contributed by atoms with Gasteiger partial charge in [0, 0.05) is 19.7 Å². The quantitative estimate of drug-likeness (QED) is 0.615. The molecule has 1 spiro atoms. The highest BCUT2D eigenvalue weighted by atomic mass is 16.2. The van der Waals surface area contributed by atoms with E-state index in [9.17, 15) is 9.59 Å². The first-order valence-corrected chi connectivity index (χ1v) is 7.58. The molecule has 4 heteroatoms. The summed E-state index contributed by atoms with van der Waals surface area (Å²) in [6.07, 6.45) is 8.96. The Labute approximate surface area is 119 Å². The van der Waals surface area contributed by atoms with E-state index in [4.69, 9.17) is 0 Å². The third-order valence-electron chi connectivity index (χ3n) is 5.19. The van der Waals surface area contributed by atoms with Crippen LogP contribution in [0.3, 0.4) is 0 Å². The Morgan fingerprint density at radius 1 is 1.35 bits per heavy atom. The van der Waals surface area contributed by atoms with Crippen LogP contribution in [-0.2, 0) is 11.8 Å². The van der Waals surface area contributed by atoms with Crippen molar-refractivity contribution in [1.29, 1.82) is 0 Å². The number of Topliss-reactive ketones (excluding diaryl/α,β-unsaturated/α-hetero) is 2. The Hall–Kier alpha value is -1.45. The lowest BCUT2D eigenvalue weighted by atomic mass is 9.66. The molecule has 1 aromatic heterocycles. The van der Waals surface area contributed by atoms with E-state index in [1.165, 1.54) is 25.7 Å². The fraction of sp³-hybridized carbons (Fsp3) is 0.688. The van der Waals surface area contributed by atoms with Crippen molar-refractivity contribution >= 4 is 11.6 Å². The number of ketones is 2. The van der Waals surface area contributed by atoms with Crippen LogP contribution in [0.25, 0.3) is 0 Å². The lowest BCUT2D eigenvalue weighted by Crippen LogP contribution is -2.36. The zero-order chi connectivity index (χ0) is 14.3. The van der Waals surface area contributed by atoms with Crippen LogP contribution < -0.4 is 0 Å². The predicted molar refractivity (Wildman–Crippen MR) is 75.5 cm³/mol. The molecule has 0 radical (unpaired) electrons. The van der Waals surface area contributed by atoms with Gasteiger partial charge in [-0.05, 0) is 38.0 Å². The molecule has 0 N–H and O–H groups in total. The molecule has 108 valence electrons. The Bertz CT molecular complexity index is 553. The van der Waals surface area contributed by atoms with Gasteiger partial charge in [-0.25, -0.2) is 0 Å². The predicted octanol–water partition coefficient (Wildman–Crippen LogP) is 2.84. The standard InChI is InChI=1S/C16H22N2O2/c1-11-13(10-18(2)17-11)15(20)12-9-16(6-3-4-7-16)8-5-14(12)19/h10,12H,3-9H2,1-2H3. The second kappa shape index (κ2) is 4.83. The van der Waals surface area contributed by atoms with Crippen molar-refractivity contribution in [2.75, 3.05) is 0 Å². The first-order chi connectivity index (χ1) is 9.51. The van der Waals surface area contributed by atoms with E-state index < -0.39 is 5.92 Å². The number of hydrogen-bond acceptors (Lipinski definition) is 3. The number of nitrogens with zero attached hydrogens (tertiary/aromatic N) is 2. The summed E-state index contributed by atoms with van der Waals surface area (Å²) in [6.45, 7) is 1.84. The van der Waals surface area contributed by atoms with E-state index in [0.717, 1.165) is 18.5 Å². The minimum absolute atomic E-state index is 0.00780. The van der Waals surface area contributed by atoms with Crippen LogP contribution in [0.15, 0.2) is 6.20 Å². The molecule has 2 saturated carbocycles. The van der Waals surface area contributed by atoms with Gasteiger partial charge in [-0.15, -0.1) is 0 Å². The zero-order valence-corrected chi connectivity index (χ0v) is 12.3. The molecular formula is C16H22N2O2. The number of carbonyl (C=O) groups is 2. The summed E-state index contributed by atoms with van der Waals surface area (Å²) in [5, 5.41) is 4.23. The molecule has 20 heavy (non-hydrogen) atoms. The maximum absolute atomic E-state index is 12.7. The summed E-state index contributed by atoms with van der Waals surface area (Å²) in [4.78, 5) is 24.9. The summed E-state index contributed by atoms with van der Waals surface area (Å²) in [5.41, 5.74) is 1.63. The number of carbonyl (C=O) groups excluding carboxylic acids is 2. The van der Waals surface area contributed by atoms with Crippen LogP contribution in [0.1, 0.15) is 61.0 Å². The lowest BCUT2D eigenvalue weighted by Gasteiger charge is -2.36. The number of aromatic nitrogens is 2.